The van der Waals surface area contributed by atoms with Crippen LogP contribution in [0.5, 0.6) is 0 Å². The second-order valence-electron chi connectivity index (χ2n) is 17.6. The van der Waals surface area contributed by atoms with Crippen LogP contribution in [-0.4, -0.2) is 42.7 Å². The summed E-state index contributed by atoms with van der Waals surface area (Å²) in [6.07, 6.45) is 29.1. The summed E-state index contributed by atoms with van der Waals surface area (Å²) in [5.74, 6) is -2.91. The van der Waals surface area contributed by atoms with E-state index < -0.39 is 41.5 Å². The molecular formula is C50H82O9. The van der Waals surface area contributed by atoms with Gasteiger partial charge in [0.2, 0.25) is 6.10 Å². The Labute approximate surface area is 358 Å². The maximum Gasteiger partial charge on any atom is 0.379 e. The van der Waals surface area contributed by atoms with Gasteiger partial charge in [-0.2, -0.15) is 0 Å². The van der Waals surface area contributed by atoms with Crippen LogP contribution in [0.2, 0.25) is 0 Å². The first-order valence-corrected chi connectivity index (χ1v) is 23.8. The van der Waals surface area contributed by atoms with E-state index in [1.165, 1.54) is 116 Å². The van der Waals surface area contributed by atoms with Crippen molar-refractivity contribution in [2.24, 2.45) is 5.41 Å². The highest BCUT2D eigenvalue weighted by Gasteiger charge is 2.46. The molecular weight excluding hydrogens is 745 g/mol. The fraction of sp³-hybridized carbons (Fsp3) is 0.760. The lowest BCUT2D eigenvalue weighted by molar-refractivity contribution is -0.172. The molecule has 1 aromatic rings. The summed E-state index contributed by atoms with van der Waals surface area (Å²) in [4.78, 5) is 52.4. The molecule has 9 heteroatoms. The van der Waals surface area contributed by atoms with Crippen LogP contribution in [-0.2, 0) is 49.5 Å². The standard InChI is InChI=1S/C50H82O9/c1-6-8-10-12-14-16-18-20-22-24-26-28-33-37-43(51)55-40-42(57-44(52)38-34-29-27-25-23-21-19-17-15-13-11-9-7-2)45-46(56-39-41-35-31-30-32-36-41)47(48(53)58-45)59-49(54)50(3,4)5/h30-32,35-36,42,45H,6-29,33-34,37-40H2,1-5H3/t42-,45+/m0/s1. The van der Waals surface area contributed by atoms with Crippen molar-refractivity contribution in [3.8, 4) is 0 Å². The van der Waals surface area contributed by atoms with Gasteiger partial charge in [0, 0.05) is 12.8 Å². The van der Waals surface area contributed by atoms with Gasteiger partial charge in [-0.05, 0) is 39.2 Å². The predicted molar refractivity (Wildman–Crippen MR) is 235 cm³/mol. The lowest BCUT2D eigenvalue weighted by Gasteiger charge is -2.24. The molecule has 2 atom stereocenters. The number of ether oxygens (including phenoxy) is 5. The SMILES string of the molecule is CCCCCCCCCCCCCCCC(=O)OC[C@H](OC(=O)CCCCCCCCCCCCCCC)[C@H]1OC(=O)C(OC(=O)C(C)(C)C)=C1OCc1ccccc1. The Kier molecular flexibility index (Phi) is 28.4. The van der Waals surface area contributed by atoms with E-state index >= 15 is 0 Å². The fourth-order valence-corrected chi connectivity index (χ4v) is 7.15. The van der Waals surface area contributed by atoms with E-state index in [-0.39, 0.29) is 37.6 Å². The molecule has 1 aromatic carbocycles. The topological polar surface area (TPSA) is 114 Å². The first-order chi connectivity index (χ1) is 28.6. The third-order valence-corrected chi connectivity index (χ3v) is 10.9. The second-order valence-corrected chi connectivity index (χ2v) is 17.6. The van der Waals surface area contributed by atoms with Crippen LogP contribution in [0.3, 0.4) is 0 Å². The molecule has 2 rings (SSSR count). The molecule has 0 unspecified atom stereocenters. The molecule has 0 bridgehead atoms. The summed E-state index contributed by atoms with van der Waals surface area (Å²) >= 11 is 0. The zero-order chi connectivity index (χ0) is 43.0. The van der Waals surface area contributed by atoms with Crippen LogP contribution in [0.4, 0.5) is 0 Å². The zero-order valence-electron chi connectivity index (χ0n) is 37.9. The summed E-state index contributed by atoms with van der Waals surface area (Å²) in [6.45, 7) is 9.23. The highest BCUT2D eigenvalue weighted by molar-refractivity contribution is 5.93. The van der Waals surface area contributed by atoms with E-state index in [1.54, 1.807) is 20.8 Å². The molecule has 0 saturated heterocycles. The number of carbonyl (C=O) groups excluding carboxylic acids is 4. The van der Waals surface area contributed by atoms with E-state index in [0.717, 1.165) is 44.1 Å². The predicted octanol–water partition coefficient (Wildman–Crippen LogP) is 13.3. The minimum Gasteiger partial charge on any atom is -0.485 e. The number of cyclic esters (lactones) is 1. The fourth-order valence-electron chi connectivity index (χ4n) is 7.15. The highest BCUT2D eigenvalue weighted by atomic mass is 16.7. The molecule has 0 amide bonds. The Bertz CT molecular complexity index is 1320. The third kappa shape index (κ3) is 24.5. The summed E-state index contributed by atoms with van der Waals surface area (Å²) in [7, 11) is 0. The van der Waals surface area contributed by atoms with Gasteiger partial charge < -0.3 is 23.7 Å². The Hall–Kier alpha value is -3.36. The van der Waals surface area contributed by atoms with Crippen molar-refractivity contribution in [1.29, 1.82) is 0 Å². The zero-order valence-corrected chi connectivity index (χ0v) is 37.9. The van der Waals surface area contributed by atoms with Crippen LogP contribution in [0.15, 0.2) is 41.9 Å². The molecule has 0 N–H and O–H groups in total. The molecule has 0 spiro atoms. The van der Waals surface area contributed by atoms with E-state index in [2.05, 4.69) is 13.8 Å². The molecule has 336 valence electrons. The van der Waals surface area contributed by atoms with Crippen molar-refractivity contribution >= 4 is 23.9 Å². The Morgan fingerprint density at radius 3 is 1.47 bits per heavy atom. The van der Waals surface area contributed by atoms with E-state index in [9.17, 15) is 19.2 Å². The molecule has 1 heterocycles. The maximum absolute atomic E-state index is 13.3. The van der Waals surface area contributed by atoms with Crippen molar-refractivity contribution in [2.75, 3.05) is 6.61 Å². The third-order valence-electron chi connectivity index (χ3n) is 10.9. The van der Waals surface area contributed by atoms with Gasteiger partial charge in [0.1, 0.15) is 13.2 Å². The first-order valence-electron chi connectivity index (χ1n) is 23.8. The quantitative estimate of drug-likeness (QED) is 0.0370. The van der Waals surface area contributed by atoms with Crippen LogP contribution in [0, 0.1) is 5.41 Å². The average molecular weight is 827 g/mol. The number of carbonyl (C=O) groups is 4. The summed E-state index contributed by atoms with van der Waals surface area (Å²) in [5.41, 5.74) is -0.113. The van der Waals surface area contributed by atoms with Gasteiger partial charge in [-0.25, -0.2) is 4.79 Å². The van der Waals surface area contributed by atoms with Crippen LogP contribution in [0.1, 0.15) is 220 Å². The monoisotopic (exact) mass is 827 g/mol. The molecule has 1 aliphatic heterocycles. The Balaban J connectivity index is 1.96. The minimum absolute atomic E-state index is 0.0400. The number of benzene rings is 1. The Morgan fingerprint density at radius 2 is 1.03 bits per heavy atom. The van der Waals surface area contributed by atoms with Gasteiger partial charge >= 0.3 is 23.9 Å². The van der Waals surface area contributed by atoms with Gasteiger partial charge in [-0.15, -0.1) is 0 Å². The molecule has 0 saturated carbocycles. The summed E-state index contributed by atoms with van der Waals surface area (Å²) < 4.78 is 29.0. The number of hydrogen-bond acceptors (Lipinski definition) is 9. The minimum atomic E-state index is -1.27. The van der Waals surface area contributed by atoms with Crippen molar-refractivity contribution in [2.45, 2.75) is 233 Å². The second kappa shape index (κ2) is 32.4. The number of unbranched alkanes of at least 4 members (excludes halogenated alkanes) is 24. The Morgan fingerprint density at radius 1 is 0.610 bits per heavy atom. The van der Waals surface area contributed by atoms with Crippen molar-refractivity contribution < 1.29 is 42.9 Å². The normalized spacial score (nSPS) is 14.6. The average Bonchev–Trinajstić information content (AvgIpc) is 3.52. The van der Waals surface area contributed by atoms with E-state index in [0.29, 0.717) is 12.8 Å². The van der Waals surface area contributed by atoms with Gasteiger partial charge in [0.15, 0.2) is 11.9 Å². The molecule has 0 fully saturated rings. The van der Waals surface area contributed by atoms with Gasteiger partial charge in [0.25, 0.3) is 5.76 Å². The largest absolute Gasteiger partial charge is 0.485 e. The van der Waals surface area contributed by atoms with E-state index in [1.807, 2.05) is 30.3 Å². The van der Waals surface area contributed by atoms with E-state index in [4.69, 9.17) is 23.7 Å². The molecule has 0 radical (unpaired) electrons. The van der Waals surface area contributed by atoms with Crippen LogP contribution in [0.25, 0.3) is 0 Å². The number of rotatable bonds is 36. The number of hydrogen-bond donors (Lipinski definition) is 0. The lowest BCUT2D eigenvalue weighted by atomic mass is 9.97. The van der Waals surface area contributed by atoms with Gasteiger partial charge in [-0.1, -0.05) is 198 Å². The van der Waals surface area contributed by atoms with Crippen molar-refractivity contribution in [1.82, 2.24) is 0 Å². The van der Waals surface area contributed by atoms with Crippen molar-refractivity contribution in [3.05, 3.63) is 47.4 Å². The van der Waals surface area contributed by atoms with Gasteiger partial charge in [-0.3, -0.25) is 14.4 Å². The molecule has 1 aliphatic rings. The first kappa shape index (κ1) is 51.8. The summed E-state index contributed by atoms with van der Waals surface area (Å²) in [5, 5.41) is 0. The molecule has 0 aliphatic carbocycles. The number of esters is 4. The lowest BCUT2D eigenvalue weighted by Crippen LogP contribution is -2.38. The van der Waals surface area contributed by atoms with Crippen molar-refractivity contribution in [3.63, 3.8) is 0 Å². The molecule has 59 heavy (non-hydrogen) atoms. The molecule has 9 nitrogen and oxygen atoms in total. The summed E-state index contributed by atoms with van der Waals surface area (Å²) in [6, 6.07) is 9.32. The van der Waals surface area contributed by atoms with Gasteiger partial charge in [0.05, 0.1) is 5.41 Å². The molecule has 0 aromatic heterocycles. The maximum atomic E-state index is 13.3. The highest BCUT2D eigenvalue weighted by Crippen LogP contribution is 2.32. The smallest absolute Gasteiger partial charge is 0.379 e. The van der Waals surface area contributed by atoms with Crippen LogP contribution >= 0.6 is 0 Å². The van der Waals surface area contributed by atoms with Crippen LogP contribution < -0.4 is 0 Å².